The normalized spacial score (nSPS) is 18.3. The van der Waals surface area contributed by atoms with Crippen molar-refractivity contribution in [2.75, 3.05) is 19.6 Å². The summed E-state index contributed by atoms with van der Waals surface area (Å²) >= 11 is 0. The molecule has 0 spiro atoms. The smallest absolute Gasteiger partial charge is 0.271 e. The molecule has 0 saturated carbocycles. The second-order valence-electron chi connectivity index (χ2n) is 5.05. The van der Waals surface area contributed by atoms with Crippen LogP contribution in [0.15, 0.2) is 16.9 Å². The molecular formula is C12H18N4O2. The second-order valence-corrected chi connectivity index (χ2v) is 5.05. The van der Waals surface area contributed by atoms with E-state index in [9.17, 15) is 9.59 Å². The third kappa shape index (κ3) is 3.16. The Morgan fingerprint density at radius 2 is 2.17 bits per heavy atom. The van der Waals surface area contributed by atoms with Gasteiger partial charge in [0.25, 0.3) is 11.5 Å². The van der Waals surface area contributed by atoms with Gasteiger partial charge in [0, 0.05) is 12.6 Å². The molecule has 0 unspecified atom stereocenters. The van der Waals surface area contributed by atoms with Crippen LogP contribution in [0.2, 0.25) is 0 Å². The molecule has 6 heteroatoms. The molecule has 1 fully saturated rings. The Bertz CT molecular complexity index is 457. The largest absolute Gasteiger partial charge is 0.350 e. The van der Waals surface area contributed by atoms with Gasteiger partial charge in [0.15, 0.2) is 0 Å². The number of amides is 1. The lowest BCUT2D eigenvalue weighted by Gasteiger charge is -2.34. The minimum absolute atomic E-state index is 0.142. The van der Waals surface area contributed by atoms with Crippen molar-refractivity contribution in [1.82, 2.24) is 20.8 Å². The number of rotatable bonds is 3. The third-order valence-electron chi connectivity index (χ3n) is 3.40. The molecule has 1 aliphatic rings. The molecule has 1 amide bonds. The maximum atomic E-state index is 11.8. The van der Waals surface area contributed by atoms with Crippen LogP contribution in [-0.4, -0.2) is 35.7 Å². The van der Waals surface area contributed by atoms with Crippen molar-refractivity contribution in [3.05, 3.63) is 28.2 Å². The predicted molar refractivity (Wildman–Crippen MR) is 67.4 cm³/mol. The molecule has 0 radical (unpaired) electrons. The minimum Gasteiger partial charge on any atom is -0.350 e. The molecule has 18 heavy (non-hydrogen) atoms. The van der Waals surface area contributed by atoms with E-state index < -0.39 is 0 Å². The average Bonchev–Trinajstić information content (AvgIpc) is 2.38. The number of aromatic nitrogens is 2. The third-order valence-corrected chi connectivity index (χ3v) is 3.40. The quantitative estimate of drug-likeness (QED) is 0.698. The molecule has 2 rings (SSSR count). The first-order chi connectivity index (χ1) is 8.59. The number of carbonyl (C=O) groups is 1. The highest BCUT2D eigenvalue weighted by atomic mass is 16.2. The predicted octanol–water partition coefficient (Wildman–Crippen LogP) is -0.111. The number of hydrogen-bond acceptors (Lipinski definition) is 4. The second kappa shape index (κ2) is 5.30. The summed E-state index contributed by atoms with van der Waals surface area (Å²) in [5.74, 6) is -0.244. The zero-order valence-electron chi connectivity index (χ0n) is 10.5. The van der Waals surface area contributed by atoms with E-state index in [-0.39, 0.29) is 22.6 Å². The molecule has 1 aromatic heterocycles. The van der Waals surface area contributed by atoms with Crippen molar-refractivity contribution >= 4 is 5.91 Å². The highest BCUT2D eigenvalue weighted by Gasteiger charge is 2.27. The number of nitrogens with one attached hydrogen (secondary N) is 3. The average molecular weight is 250 g/mol. The SMILES string of the molecule is CC1(CNC(=O)c2ccc(=O)[nH]n2)CCNCC1. The fourth-order valence-corrected chi connectivity index (χ4v) is 2.06. The van der Waals surface area contributed by atoms with Crippen molar-refractivity contribution in [1.29, 1.82) is 0 Å². The van der Waals surface area contributed by atoms with Crippen LogP contribution in [0.3, 0.4) is 0 Å². The minimum atomic E-state index is -0.308. The number of piperidine rings is 1. The summed E-state index contributed by atoms with van der Waals surface area (Å²) in [4.78, 5) is 22.7. The zero-order valence-corrected chi connectivity index (χ0v) is 10.5. The lowest BCUT2D eigenvalue weighted by Crippen LogP contribution is -2.43. The van der Waals surface area contributed by atoms with Crippen molar-refractivity contribution in [3.63, 3.8) is 0 Å². The van der Waals surface area contributed by atoms with E-state index in [1.54, 1.807) is 0 Å². The Labute approximate surface area is 105 Å². The zero-order chi connectivity index (χ0) is 13.0. The van der Waals surface area contributed by atoms with Gasteiger partial charge in [-0.05, 0) is 37.4 Å². The number of aromatic amines is 1. The van der Waals surface area contributed by atoms with Crippen LogP contribution in [0.4, 0.5) is 0 Å². The summed E-state index contributed by atoms with van der Waals surface area (Å²) in [5, 5.41) is 12.1. The lowest BCUT2D eigenvalue weighted by molar-refractivity contribution is 0.0916. The van der Waals surface area contributed by atoms with Crippen LogP contribution in [0.25, 0.3) is 0 Å². The number of hydrogen-bond donors (Lipinski definition) is 3. The molecule has 1 aliphatic heterocycles. The number of carbonyl (C=O) groups excluding carboxylic acids is 1. The van der Waals surface area contributed by atoms with Gasteiger partial charge in [-0.25, -0.2) is 5.10 Å². The van der Waals surface area contributed by atoms with E-state index in [0.29, 0.717) is 6.54 Å². The highest BCUT2D eigenvalue weighted by molar-refractivity contribution is 5.91. The monoisotopic (exact) mass is 250 g/mol. The van der Waals surface area contributed by atoms with Crippen LogP contribution in [0.5, 0.6) is 0 Å². The Kier molecular flexibility index (Phi) is 3.76. The van der Waals surface area contributed by atoms with Gasteiger partial charge in [0.2, 0.25) is 0 Å². The van der Waals surface area contributed by atoms with Gasteiger partial charge in [-0.1, -0.05) is 6.92 Å². The molecule has 3 N–H and O–H groups in total. The summed E-state index contributed by atoms with van der Waals surface area (Å²) in [5.41, 5.74) is 0.0762. The van der Waals surface area contributed by atoms with E-state index in [4.69, 9.17) is 0 Å². The van der Waals surface area contributed by atoms with Gasteiger partial charge in [-0.15, -0.1) is 0 Å². The van der Waals surface area contributed by atoms with Crippen molar-refractivity contribution in [3.8, 4) is 0 Å². The molecule has 0 atom stereocenters. The van der Waals surface area contributed by atoms with Gasteiger partial charge in [-0.2, -0.15) is 5.10 Å². The van der Waals surface area contributed by atoms with Crippen molar-refractivity contribution in [2.45, 2.75) is 19.8 Å². The molecule has 0 bridgehead atoms. The first-order valence-electron chi connectivity index (χ1n) is 6.14. The molecule has 1 aromatic rings. The first kappa shape index (κ1) is 12.8. The summed E-state index contributed by atoms with van der Waals surface area (Å²) in [7, 11) is 0. The first-order valence-corrected chi connectivity index (χ1v) is 6.14. The standard InChI is InChI=1S/C12H18N4O2/c1-12(4-6-13-7-5-12)8-14-11(18)9-2-3-10(17)16-15-9/h2-3,13H,4-8H2,1H3,(H,14,18)(H,16,17). The summed E-state index contributed by atoms with van der Waals surface area (Å²) in [6.45, 7) is 4.79. The molecule has 1 saturated heterocycles. The summed E-state index contributed by atoms with van der Waals surface area (Å²) < 4.78 is 0. The van der Waals surface area contributed by atoms with Crippen LogP contribution in [-0.2, 0) is 0 Å². The highest BCUT2D eigenvalue weighted by Crippen LogP contribution is 2.26. The summed E-state index contributed by atoms with van der Waals surface area (Å²) in [6.07, 6.45) is 2.10. The van der Waals surface area contributed by atoms with Crippen molar-refractivity contribution < 1.29 is 4.79 Å². The van der Waals surface area contributed by atoms with E-state index >= 15 is 0 Å². The van der Waals surface area contributed by atoms with E-state index in [1.165, 1.54) is 12.1 Å². The Hall–Kier alpha value is -1.69. The molecule has 0 aromatic carbocycles. The van der Waals surface area contributed by atoms with Crippen LogP contribution in [0.1, 0.15) is 30.3 Å². The molecule has 6 nitrogen and oxygen atoms in total. The molecule has 98 valence electrons. The van der Waals surface area contributed by atoms with Gasteiger partial charge >= 0.3 is 0 Å². The van der Waals surface area contributed by atoms with Crippen LogP contribution < -0.4 is 16.2 Å². The van der Waals surface area contributed by atoms with Gasteiger partial charge < -0.3 is 10.6 Å². The number of nitrogens with zero attached hydrogens (tertiary/aromatic N) is 1. The molecule has 2 heterocycles. The Morgan fingerprint density at radius 1 is 1.44 bits per heavy atom. The number of H-pyrrole nitrogens is 1. The van der Waals surface area contributed by atoms with E-state index in [1.807, 2.05) is 0 Å². The van der Waals surface area contributed by atoms with Crippen LogP contribution in [0, 0.1) is 5.41 Å². The molecule has 0 aliphatic carbocycles. The van der Waals surface area contributed by atoms with Gasteiger partial charge in [0.1, 0.15) is 5.69 Å². The van der Waals surface area contributed by atoms with E-state index in [0.717, 1.165) is 25.9 Å². The van der Waals surface area contributed by atoms with Gasteiger partial charge in [-0.3, -0.25) is 9.59 Å². The molecular weight excluding hydrogens is 232 g/mol. The summed E-state index contributed by atoms with van der Waals surface area (Å²) in [6, 6.07) is 2.73. The fraction of sp³-hybridized carbons (Fsp3) is 0.583. The Balaban J connectivity index is 1.91. The lowest BCUT2D eigenvalue weighted by atomic mass is 9.81. The van der Waals surface area contributed by atoms with Gasteiger partial charge in [0.05, 0.1) is 0 Å². The van der Waals surface area contributed by atoms with Crippen molar-refractivity contribution in [2.24, 2.45) is 5.41 Å². The fourth-order valence-electron chi connectivity index (χ4n) is 2.06. The van der Waals surface area contributed by atoms with E-state index in [2.05, 4.69) is 27.8 Å². The maximum absolute atomic E-state index is 11.8. The van der Waals surface area contributed by atoms with Crippen LogP contribution >= 0.6 is 0 Å². The maximum Gasteiger partial charge on any atom is 0.271 e. The Morgan fingerprint density at radius 3 is 2.78 bits per heavy atom. The topological polar surface area (TPSA) is 86.9 Å².